The van der Waals surface area contributed by atoms with Gasteiger partial charge in [-0.05, 0) is 29.7 Å². The number of carbonyl (C=O) groups excluding carboxylic acids is 1. The number of aromatic amines is 1. The molecule has 2 aromatic heterocycles. The molecule has 4 rings (SSSR count). The van der Waals surface area contributed by atoms with E-state index in [1.165, 1.54) is 0 Å². The molecule has 0 unspecified atom stereocenters. The van der Waals surface area contributed by atoms with Gasteiger partial charge in [0.15, 0.2) is 0 Å². The van der Waals surface area contributed by atoms with Crippen LogP contribution in [0, 0.1) is 0 Å². The minimum atomic E-state index is -0.288. The van der Waals surface area contributed by atoms with Crippen molar-refractivity contribution in [1.29, 1.82) is 0 Å². The molecule has 124 valence electrons. The van der Waals surface area contributed by atoms with Gasteiger partial charge in [0.05, 0.1) is 15.2 Å². The Morgan fingerprint density at radius 1 is 1.12 bits per heavy atom. The fraction of sp³-hybridized carbons (Fsp3) is 0.105. The van der Waals surface area contributed by atoms with Gasteiger partial charge in [0.1, 0.15) is 5.69 Å². The van der Waals surface area contributed by atoms with Crippen molar-refractivity contribution < 1.29 is 4.79 Å². The van der Waals surface area contributed by atoms with E-state index in [0.717, 1.165) is 20.6 Å². The van der Waals surface area contributed by atoms with Crippen molar-refractivity contribution in [3.05, 3.63) is 75.7 Å². The summed E-state index contributed by atoms with van der Waals surface area (Å²) < 4.78 is 1.14. The van der Waals surface area contributed by atoms with Gasteiger partial charge in [0.2, 0.25) is 0 Å². The highest BCUT2D eigenvalue weighted by molar-refractivity contribution is 7.18. The molecule has 0 fully saturated rings. The Bertz CT molecular complexity index is 1100. The number of rotatable bonds is 4. The molecule has 5 nitrogen and oxygen atoms in total. The summed E-state index contributed by atoms with van der Waals surface area (Å²) in [5.74, 6) is -0.288. The molecule has 25 heavy (non-hydrogen) atoms. The summed E-state index contributed by atoms with van der Waals surface area (Å²) in [6.07, 6.45) is 0.656. The van der Waals surface area contributed by atoms with Crippen LogP contribution in [-0.4, -0.2) is 22.4 Å². The molecule has 0 aliphatic carbocycles. The molecule has 2 heterocycles. The molecule has 0 saturated carbocycles. The van der Waals surface area contributed by atoms with E-state index in [-0.39, 0.29) is 17.2 Å². The lowest BCUT2D eigenvalue weighted by molar-refractivity contribution is 0.0949. The highest BCUT2D eigenvalue weighted by Gasteiger charge is 2.10. The molecule has 4 aromatic rings. The number of nitrogens with one attached hydrogen (secondary N) is 2. The van der Waals surface area contributed by atoms with Gasteiger partial charge in [-0.2, -0.15) is 0 Å². The Balaban J connectivity index is 1.46. The zero-order valence-electron chi connectivity index (χ0n) is 13.3. The number of nitrogens with zero attached hydrogens (tertiary/aromatic N) is 1. The van der Waals surface area contributed by atoms with Gasteiger partial charge in [-0.25, -0.2) is 4.98 Å². The molecule has 0 radical (unpaired) electrons. The quantitative estimate of drug-likeness (QED) is 0.594. The van der Waals surface area contributed by atoms with Gasteiger partial charge >= 0.3 is 0 Å². The Morgan fingerprint density at radius 3 is 2.80 bits per heavy atom. The van der Waals surface area contributed by atoms with Gasteiger partial charge in [0, 0.05) is 18.4 Å². The first-order valence-corrected chi connectivity index (χ1v) is 8.77. The standard InChI is InChI=1S/C19H15N3O2S/c23-18-13-6-2-1-5-12(13)11-15(22-18)19(24)20-10-9-17-21-14-7-3-4-8-16(14)25-17/h1-8,11H,9-10H2,(H,20,24)(H,22,23). The number of pyridine rings is 1. The third kappa shape index (κ3) is 3.16. The smallest absolute Gasteiger partial charge is 0.267 e. The molecule has 0 aliphatic rings. The fourth-order valence-corrected chi connectivity index (χ4v) is 3.71. The first kappa shape index (κ1) is 15.5. The van der Waals surface area contributed by atoms with E-state index < -0.39 is 0 Å². The van der Waals surface area contributed by atoms with Crippen molar-refractivity contribution in [2.75, 3.05) is 6.54 Å². The predicted molar refractivity (Wildman–Crippen MR) is 100 cm³/mol. The maximum atomic E-state index is 12.3. The minimum absolute atomic E-state index is 0.255. The van der Waals surface area contributed by atoms with E-state index >= 15 is 0 Å². The number of H-pyrrole nitrogens is 1. The number of fused-ring (bicyclic) bond motifs is 2. The van der Waals surface area contributed by atoms with Crippen LogP contribution >= 0.6 is 11.3 Å². The molecule has 2 N–H and O–H groups in total. The monoisotopic (exact) mass is 349 g/mol. The van der Waals surface area contributed by atoms with Crippen molar-refractivity contribution in [3.63, 3.8) is 0 Å². The number of hydrogen-bond donors (Lipinski definition) is 2. The van der Waals surface area contributed by atoms with Crippen LogP contribution in [0.5, 0.6) is 0 Å². The molecule has 0 atom stereocenters. The number of thiazole rings is 1. The Labute approximate surface area is 147 Å². The number of hydrogen-bond acceptors (Lipinski definition) is 4. The van der Waals surface area contributed by atoms with E-state index in [9.17, 15) is 9.59 Å². The Morgan fingerprint density at radius 2 is 1.92 bits per heavy atom. The Kier molecular flexibility index (Phi) is 4.03. The fourth-order valence-electron chi connectivity index (χ4n) is 2.74. The van der Waals surface area contributed by atoms with Crippen LogP contribution in [0.25, 0.3) is 21.0 Å². The van der Waals surface area contributed by atoms with Crippen molar-refractivity contribution in [2.24, 2.45) is 0 Å². The maximum absolute atomic E-state index is 12.3. The number of para-hydroxylation sites is 1. The number of amides is 1. The van der Waals surface area contributed by atoms with Gasteiger partial charge in [-0.15, -0.1) is 11.3 Å². The first-order valence-electron chi connectivity index (χ1n) is 7.95. The van der Waals surface area contributed by atoms with Gasteiger partial charge < -0.3 is 10.3 Å². The number of aromatic nitrogens is 2. The summed E-state index contributed by atoms with van der Waals surface area (Å²) in [4.78, 5) is 31.5. The summed E-state index contributed by atoms with van der Waals surface area (Å²) in [7, 11) is 0. The molecule has 0 saturated heterocycles. The van der Waals surface area contributed by atoms with Crippen molar-refractivity contribution >= 4 is 38.2 Å². The topological polar surface area (TPSA) is 74.8 Å². The Hall–Kier alpha value is -2.99. The molecule has 0 bridgehead atoms. The first-order chi connectivity index (χ1) is 12.2. The van der Waals surface area contributed by atoms with Crippen molar-refractivity contribution in [1.82, 2.24) is 15.3 Å². The average molecular weight is 349 g/mol. The van der Waals surface area contributed by atoms with Crippen LogP contribution in [0.4, 0.5) is 0 Å². The molecule has 2 aromatic carbocycles. The molecule has 0 spiro atoms. The molecule has 6 heteroatoms. The molecular weight excluding hydrogens is 334 g/mol. The summed E-state index contributed by atoms with van der Waals surface area (Å²) in [6, 6.07) is 16.9. The number of carbonyl (C=O) groups is 1. The maximum Gasteiger partial charge on any atom is 0.267 e. The zero-order valence-corrected chi connectivity index (χ0v) is 14.1. The van der Waals surface area contributed by atoms with Crippen LogP contribution < -0.4 is 10.9 Å². The van der Waals surface area contributed by atoms with Gasteiger partial charge in [-0.1, -0.05) is 30.3 Å². The molecule has 1 amide bonds. The normalized spacial score (nSPS) is 11.0. The minimum Gasteiger partial charge on any atom is -0.350 e. The van der Waals surface area contributed by atoms with Crippen LogP contribution in [0.1, 0.15) is 15.5 Å². The largest absolute Gasteiger partial charge is 0.350 e. The second kappa shape index (κ2) is 6.49. The SMILES string of the molecule is O=C(NCCc1nc2ccccc2s1)c1cc2ccccc2c(=O)[nH]1. The average Bonchev–Trinajstić information content (AvgIpc) is 3.04. The van der Waals surface area contributed by atoms with E-state index in [4.69, 9.17) is 0 Å². The summed E-state index contributed by atoms with van der Waals surface area (Å²) in [6.45, 7) is 0.466. The van der Waals surface area contributed by atoms with Crippen LogP contribution in [0.15, 0.2) is 59.4 Å². The predicted octanol–water partition coefficient (Wildman–Crippen LogP) is 3.11. The van der Waals surface area contributed by atoms with E-state index in [1.54, 1.807) is 29.5 Å². The summed E-state index contributed by atoms with van der Waals surface area (Å²) in [5, 5.41) is 5.15. The number of benzene rings is 2. The highest BCUT2D eigenvalue weighted by atomic mass is 32.1. The lowest BCUT2D eigenvalue weighted by Gasteiger charge is -2.05. The van der Waals surface area contributed by atoms with Gasteiger partial charge in [0.25, 0.3) is 11.5 Å². The zero-order chi connectivity index (χ0) is 17.2. The molecular formula is C19H15N3O2S. The lowest BCUT2D eigenvalue weighted by atomic mass is 10.1. The van der Waals surface area contributed by atoms with E-state index in [2.05, 4.69) is 15.3 Å². The van der Waals surface area contributed by atoms with Crippen LogP contribution in [0.2, 0.25) is 0 Å². The lowest BCUT2D eigenvalue weighted by Crippen LogP contribution is -2.28. The van der Waals surface area contributed by atoms with Gasteiger partial charge in [-0.3, -0.25) is 9.59 Å². The van der Waals surface area contributed by atoms with E-state index in [1.807, 2.05) is 36.4 Å². The van der Waals surface area contributed by atoms with Crippen LogP contribution in [0.3, 0.4) is 0 Å². The van der Waals surface area contributed by atoms with E-state index in [0.29, 0.717) is 18.4 Å². The van der Waals surface area contributed by atoms with Crippen molar-refractivity contribution in [2.45, 2.75) is 6.42 Å². The highest BCUT2D eigenvalue weighted by Crippen LogP contribution is 2.21. The third-order valence-electron chi connectivity index (χ3n) is 3.96. The third-order valence-corrected chi connectivity index (χ3v) is 5.06. The van der Waals surface area contributed by atoms with Crippen LogP contribution in [-0.2, 0) is 6.42 Å². The molecule has 0 aliphatic heterocycles. The second-order valence-corrected chi connectivity index (χ2v) is 6.80. The van der Waals surface area contributed by atoms with Crippen molar-refractivity contribution in [3.8, 4) is 0 Å². The second-order valence-electron chi connectivity index (χ2n) is 5.68. The summed E-state index contributed by atoms with van der Waals surface area (Å²) in [5.41, 5.74) is 0.995. The summed E-state index contributed by atoms with van der Waals surface area (Å²) >= 11 is 1.63.